The number of likely N-dealkylation sites (N-methyl/N-ethyl adjacent to an activating group) is 1. The van der Waals surface area contributed by atoms with Crippen LogP contribution in [0.4, 0.5) is 18.9 Å². The van der Waals surface area contributed by atoms with Crippen LogP contribution in [0.5, 0.6) is 0 Å². The third-order valence-corrected chi connectivity index (χ3v) is 4.92. The number of nitrogens with zero attached hydrogens (tertiary/aromatic N) is 1. The fourth-order valence-electron chi connectivity index (χ4n) is 1.94. The van der Waals surface area contributed by atoms with Gasteiger partial charge in [0.2, 0.25) is 15.9 Å². The maximum Gasteiger partial charge on any atom is 0.249 e. The lowest BCUT2D eigenvalue weighted by atomic mass is 10.3. The Kier molecular flexibility index (Phi) is 5.25. The van der Waals surface area contributed by atoms with Gasteiger partial charge in [0.1, 0.15) is 17.5 Å². The zero-order chi connectivity index (χ0) is 17.9. The normalized spacial score (nSPS) is 11.5. The predicted molar refractivity (Wildman–Crippen MR) is 81.2 cm³/mol. The van der Waals surface area contributed by atoms with Gasteiger partial charge in [-0.05, 0) is 30.3 Å². The number of rotatable bonds is 5. The van der Waals surface area contributed by atoms with Gasteiger partial charge < -0.3 is 5.32 Å². The van der Waals surface area contributed by atoms with E-state index < -0.39 is 44.8 Å². The first-order chi connectivity index (χ1) is 11.2. The lowest BCUT2D eigenvalue weighted by Gasteiger charge is -2.17. The number of benzene rings is 2. The number of carbonyl (C=O) groups excluding carboxylic acids is 1. The summed E-state index contributed by atoms with van der Waals surface area (Å²) in [6, 6.07) is 7.62. The van der Waals surface area contributed by atoms with E-state index in [1.807, 2.05) is 0 Å². The summed E-state index contributed by atoms with van der Waals surface area (Å²) in [5, 5.41) is 2.29. The molecule has 0 atom stereocenters. The van der Waals surface area contributed by atoms with Gasteiger partial charge in [-0.25, -0.2) is 21.6 Å². The number of carbonyl (C=O) groups is 1. The molecule has 0 unspecified atom stereocenters. The molecule has 0 saturated heterocycles. The van der Waals surface area contributed by atoms with Crippen molar-refractivity contribution in [2.75, 3.05) is 18.9 Å². The summed E-state index contributed by atoms with van der Waals surface area (Å²) in [5.74, 6) is -3.88. The molecule has 0 aliphatic carbocycles. The molecule has 2 aromatic rings. The smallest absolute Gasteiger partial charge is 0.249 e. The monoisotopic (exact) mass is 358 g/mol. The highest BCUT2D eigenvalue weighted by Gasteiger charge is 2.29. The second-order valence-corrected chi connectivity index (χ2v) is 6.85. The van der Waals surface area contributed by atoms with Crippen LogP contribution < -0.4 is 5.32 Å². The quantitative estimate of drug-likeness (QED) is 0.892. The molecule has 128 valence electrons. The molecule has 0 aliphatic heterocycles. The zero-order valence-electron chi connectivity index (χ0n) is 12.5. The average molecular weight is 358 g/mol. The minimum Gasteiger partial charge on any atom is -0.325 e. The second kappa shape index (κ2) is 7.02. The average Bonchev–Trinajstić information content (AvgIpc) is 2.46. The van der Waals surface area contributed by atoms with Crippen LogP contribution in [0.3, 0.4) is 0 Å². The van der Waals surface area contributed by atoms with Crippen molar-refractivity contribution >= 4 is 21.6 Å². The molecule has 2 aromatic carbocycles. The zero-order valence-corrected chi connectivity index (χ0v) is 13.3. The van der Waals surface area contributed by atoms with Crippen molar-refractivity contribution in [2.45, 2.75) is 4.90 Å². The van der Waals surface area contributed by atoms with E-state index in [4.69, 9.17) is 0 Å². The topological polar surface area (TPSA) is 66.5 Å². The van der Waals surface area contributed by atoms with Gasteiger partial charge in [-0.15, -0.1) is 0 Å². The summed E-state index contributed by atoms with van der Waals surface area (Å²) >= 11 is 0. The van der Waals surface area contributed by atoms with Crippen molar-refractivity contribution in [2.24, 2.45) is 0 Å². The van der Waals surface area contributed by atoms with Crippen molar-refractivity contribution in [1.82, 2.24) is 4.31 Å². The molecular formula is C15H13F3N2O3S. The Bertz CT molecular complexity index is 852. The van der Waals surface area contributed by atoms with Gasteiger partial charge in [0, 0.05) is 12.7 Å². The van der Waals surface area contributed by atoms with Crippen LogP contribution in [0.25, 0.3) is 0 Å². The van der Waals surface area contributed by atoms with Crippen molar-refractivity contribution < 1.29 is 26.4 Å². The van der Waals surface area contributed by atoms with E-state index in [0.717, 1.165) is 31.3 Å². The molecule has 2 rings (SSSR count). The molecule has 1 amide bonds. The highest BCUT2D eigenvalue weighted by Crippen LogP contribution is 2.21. The summed E-state index contributed by atoms with van der Waals surface area (Å²) in [4.78, 5) is 10.7. The van der Waals surface area contributed by atoms with Crippen molar-refractivity contribution in [3.63, 3.8) is 0 Å². The van der Waals surface area contributed by atoms with Crippen molar-refractivity contribution in [3.05, 3.63) is 59.9 Å². The Morgan fingerprint density at radius 3 is 2.25 bits per heavy atom. The standard InChI is InChI=1S/C15H13F3N2O3S/c1-20(9-14(21)19-11-5-2-4-10(16)8-11)24(22,23)15-12(17)6-3-7-13(15)18/h2-8H,9H2,1H3,(H,19,21). The molecule has 24 heavy (non-hydrogen) atoms. The van der Waals surface area contributed by atoms with Gasteiger partial charge in [-0.2, -0.15) is 4.31 Å². The Morgan fingerprint density at radius 1 is 1.08 bits per heavy atom. The van der Waals surface area contributed by atoms with Gasteiger partial charge in [0.15, 0.2) is 4.90 Å². The van der Waals surface area contributed by atoms with Gasteiger partial charge in [-0.1, -0.05) is 12.1 Å². The van der Waals surface area contributed by atoms with Gasteiger partial charge in [-0.3, -0.25) is 4.79 Å². The summed E-state index contributed by atoms with van der Waals surface area (Å²) in [6.45, 7) is -0.702. The molecular weight excluding hydrogens is 345 g/mol. The van der Waals surface area contributed by atoms with Gasteiger partial charge >= 0.3 is 0 Å². The Morgan fingerprint density at radius 2 is 1.67 bits per heavy atom. The Labute approximate surface area is 136 Å². The van der Waals surface area contributed by atoms with Crippen LogP contribution in [0.1, 0.15) is 0 Å². The van der Waals surface area contributed by atoms with E-state index in [1.54, 1.807) is 0 Å². The lowest BCUT2D eigenvalue weighted by molar-refractivity contribution is -0.116. The van der Waals surface area contributed by atoms with Crippen LogP contribution in [0.2, 0.25) is 0 Å². The first-order valence-corrected chi connectivity index (χ1v) is 8.11. The molecule has 5 nitrogen and oxygen atoms in total. The van der Waals surface area contributed by atoms with Crippen LogP contribution in [0.15, 0.2) is 47.4 Å². The first-order valence-electron chi connectivity index (χ1n) is 6.67. The summed E-state index contributed by atoms with van der Waals surface area (Å²) in [6.07, 6.45) is 0. The summed E-state index contributed by atoms with van der Waals surface area (Å²) in [5.41, 5.74) is 0.128. The number of hydrogen-bond donors (Lipinski definition) is 1. The van der Waals surface area contributed by atoms with Crippen LogP contribution >= 0.6 is 0 Å². The van der Waals surface area contributed by atoms with Gasteiger partial charge in [0.25, 0.3) is 0 Å². The van der Waals surface area contributed by atoms with E-state index >= 15 is 0 Å². The summed E-state index contributed by atoms with van der Waals surface area (Å²) in [7, 11) is -3.54. The van der Waals surface area contributed by atoms with Crippen LogP contribution in [-0.2, 0) is 14.8 Å². The molecule has 0 bridgehead atoms. The fraction of sp³-hybridized carbons (Fsp3) is 0.133. The van der Waals surface area contributed by atoms with E-state index in [1.165, 1.54) is 18.2 Å². The number of halogens is 3. The van der Waals surface area contributed by atoms with Crippen LogP contribution in [-0.4, -0.2) is 32.2 Å². The molecule has 0 aliphatic rings. The summed E-state index contributed by atoms with van der Waals surface area (Å²) < 4.78 is 65.3. The number of anilines is 1. The van der Waals surface area contributed by atoms with E-state index in [9.17, 15) is 26.4 Å². The molecule has 0 radical (unpaired) electrons. The largest absolute Gasteiger partial charge is 0.325 e. The highest BCUT2D eigenvalue weighted by molar-refractivity contribution is 7.89. The third kappa shape index (κ3) is 3.92. The maximum absolute atomic E-state index is 13.6. The number of amides is 1. The second-order valence-electron chi connectivity index (χ2n) is 4.87. The Hall–Kier alpha value is -2.39. The maximum atomic E-state index is 13.6. The molecule has 1 N–H and O–H groups in total. The van der Waals surface area contributed by atoms with E-state index in [2.05, 4.69) is 5.32 Å². The molecule has 9 heteroatoms. The lowest BCUT2D eigenvalue weighted by Crippen LogP contribution is -2.35. The molecule has 0 fully saturated rings. The molecule has 0 spiro atoms. The SMILES string of the molecule is CN(CC(=O)Nc1cccc(F)c1)S(=O)(=O)c1c(F)cccc1F. The Balaban J connectivity index is 2.16. The molecule has 0 aromatic heterocycles. The third-order valence-electron chi connectivity index (χ3n) is 3.06. The predicted octanol–water partition coefficient (Wildman–Crippen LogP) is 2.36. The number of sulfonamides is 1. The first kappa shape index (κ1) is 18.0. The minimum atomic E-state index is -4.55. The van der Waals surface area contributed by atoms with Crippen LogP contribution in [0, 0.1) is 17.5 Å². The molecule has 0 saturated carbocycles. The minimum absolute atomic E-state index is 0.128. The number of hydrogen-bond acceptors (Lipinski definition) is 3. The van der Waals surface area contributed by atoms with Crippen molar-refractivity contribution in [1.29, 1.82) is 0 Å². The fourth-order valence-corrected chi connectivity index (χ4v) is 3.17. The van der Waals surface area contributed by atoms with Gasteiger partial charge in [0.05, 0.1) is 6.54 Å². The number of nitrogens with one attached hydrogen (secondary N) is 1. The van der Waals surface area contributed by atoms with E-state index in [0.29, 0.717) is 4.31 Å². The van der Waals surface area contributed by atoms with E-state index in [-0.39, 0.29) is 5.69 Å². The molecule has 0 heterocycles. The highest BCUT2D eigenvalue weighted by atomic mass is 32.2. The van der Waals surface area contributed by atoms with Crippen molar-refractivity contribution in [3.8, 4) is 0 Å².